The average molecular weight is 530 g/mol. The number of hydrogen-bond donors (Lipinski definition) is 2. The molecule has 1 aromatic heterocycles. The first-order valence-electron chi connectivity index (χ1n) is 9.00. The van der Waals surface area contributed by atoms with Gasteiger partial charge in [-0.1, -0.05) is 24.3 Å². The number of rotatable bonds is 6. The molecule has 0 atom stereocenters. The molecule has 30 heavy (non-hydrogen) atoms. The van der Waals surface area contributed by atoms with Crippen molar-refractivity contribution in [1.29, 1.82) is 0 Å². The maximum atomic E-state index is 12.6. The highest BCUT2D eigenvalue weighted by Gasteiger charge is 2.29. The van der Waals surface area contributed by atoms with E-state index in [1.165, 1.54) is 18.5 Å². The van der Waals surface area contributed by atoms with Gasteiger partial charge in [0.25, 0.3) is 0 Å². The van der Waals surface area contributed by atoms with E-state index in [0.717, 1.165) is 28.9 Å². The Morgan fingerprint density at radius 2 is 1.67 bits per heavy atom. The summed E-state index contributed by atoms with van der Waals surface area (Å²) in [5.74, 6) is 0.622. The molecule has 2 aromatic carbocycles. The number of halogens is 4. The monoisotopic (exact) mass is 530 g/mol. The molecule has 0 amide bonds. The van der Waals surface area contributed by atoms with Crippen LogP contribution in [0.15, 0.2) is 66.2 Å². The van der Waals surface area contributed by atoms with Crippen molar-refractivity contribution >= 4 is 29.9 Å². The Hall–Kier alpha value is -2.63. The van der Waals surface area contributed by atoms with Crippen LogP contribution in [0.25, 0.3) is 5.69 Å². The molecule has 160 valence electrons. The molecule has 0 saturated carbocycles. The van der Waals surface area contributed by atoms with Crippen LogP contribution in [0.4, 0.5) is 13.2 Å². The molecule has 10 heteroatoms. The molecule has 3 rings (SSSR count). The van der Waals surface area contributed by atoms with Gasteiger partial charge in [0, 0.05) is 20.1 Å². The van der Waals surface area contributed by atoms with E-state index in [4.69, 9.17) is 0 Å². The summed E-state index contributed by atoms with van der Waals surface area (Å²) in [4.78, 5) is 8.08. The fraction of sp³-hybridized carbons (Fsp3) is 0.250. The van der Waals surface area contributed by atoms with Crippen LogP contribution < -0.4 is 10.6 Å². The summed E-state index contributed by atoms with van der Waals surface area (Å²) in [5, 5.41) is 10.5. The third-order valence-corrected chi connectivity index (χ3v) is 4.29. The van der Waals surface area contributed by atoms with Gasteiger partial charge in [-0.2, -0.15) is 18.3 Å². The predicted octanol–water partition coefficient (Wildman–Crippen LogP) is 3.81. The summed E-state index contributed by atoms with van der Waals surface area (Å²) in [6.07, 6.45) is -0.604. The normalized spacial score (nSPS) is 11.7. The van der Waals surface area contributed by atoms with E-state index in [-0.39, 0.29) is 24.0 Å². The first-order valence-corrected chi connectivity index (χ1v) is 9.00. The number of alkyl halides is 3. The molecular weight excluding hydrogens is 508 g/mol. The van der Waals surface area contributed by atoms with Crippen molar-refractivity contribution in [3.05, 3.63) is 77.9 Å². The van der Waals surface area contributed by atoms with Crippen LogP contribution in [0.2, 0.25) is 0 Å². The molecule has 1 heterocycles. The van der Waals surface area contributed by atoms with E-state index in [2.05, 4.69) is 25.7 Å². The van der Waals surface area contributed by atoms with E-state index >= 15 is 0 Å². The number of benzene rings is 2. The fourth-order valence-electron chi connectivity index (χ4n) is 2.70. The number of aromatic nitrogens is 3. The summed E-state index contributed by atoms with van der Waals surface area (Å²) in [6, 6.07) is 13.1. The molecule has 0 aliphatic rings. The van der Waals surface area contributed by atoms with E-state index < -0.39 is 11.7 Å². The molecular formula is C20H22F3IN6. The molecule has 0 aliphatic heterocycles. The van der Waals surface area contributed by atoms with Crippen LogP contribution in [-0.4, -0.2) is 34.3 Å². The first-order chi connectivity index (χ1) is 14.0. The average Bonchev–Trinajstić information content (AvgIpc) is 3.25. The van der Waals surface area contributed by atoms with Gasteiger partial charge in [-0.05, 0) is 41.8 Å². The lowest BCUT2D eigenvalue weighted by atomic mass is 10.1. The summed E-state index contributed by atoms with van der Waals surface area (Å²) in [5.41, 5.74) is 2.18. The molecule has 2 N–H and O–H groups in total. The lowest BCUT2D eigenvalue weighted by Crippen LogP contribution is -2.37. The van der Waals surface area contributed by atoms with E-state index in [1.807, 2.05) is 24.3 Å². The molecule has 3 aromatic rings. The quantitative estimate of drug-likeness (QED) is 0.289. The Morgan fingerprint density at radius 3 is 2.23 bits per heavy atom. The lowest BCUT2D eigenvalue weighted by molar-refractivity contribution is -0.137. The number of nitrogens with zero attached hydrogens (tertiary/aromatic N) is 4. The van der Waals surface area contributed by atoms with Gasteiger partial charge in [-0.15, -0.1) is 24.0 Å². The maximum Gasteiger partial charge on any atom is 0.416 e. The summed E-state index contributed by atoms with van der Waals surface area (Å²) < 4.78 is 39.5. The number of aliphatic imine (C=N–C) groups is 1. The molecule has 0 unspecified atom stereocenters. The second kappa shape index (κ2) is 11.0. The SMILES string of the molecule is CN=C(NCCc1ccc(C(F)(F)F)cc1)NCc1ccc(-n2cncn2)cc1.I. The van der Waals surface area contributed by atoms with Crippen molar-refractivity contribution in [1.82, 2.24) is 25.4 Å². The zero-order chi connectivity index (χ0) is 20.7. The number of hydrogen-bond acceptors (Lipinski definition) is 3. The maximum absolute atomic E-state index is 12.6. The summed E-state index contributed by atoms with van der Waals surface area (Å²) in [6.45, 7) is 1.13. The zero-order valence-corrected chi connectivity index (χ0v) is 18.6. The minimum Gasteiger partial charge on any atom is -0.356 e. The van der Waals surface area contributed by atoms with Gasteiger partial charge in [0.1, 0.15) is 12.7 Å². The van der Waals surface area contributed by atoms with Crippen LogP contribution in [0.3, 0.4) is 0 Å². The second-order valence-corrected chi connectivity index (χ2v) is 6.30. The molecule has 0 saturated heterocycles. The van der Waals surface area contributed by atoms with Gasteiger partial charge in [0.05, 0.1) is 11.3 Å². The third kappa shape index (κ3) is 6.71. The molecule has 0 spiro atoms. The molecule has 0 aliphatic carbocycles. The Balaban J connectivity index is 0.00000320. The smallest absolute Gasteiger partial charge is 0.356 e. The summed E-state index contributed by atoms with van der Waals surface area (Å²) >= 11 is 0. The first kappa shape index (κ1) is 23.6. The molecule has 6 nitrogen and oxygen atoms in total. The van der Waals surface area contributed by atoms with Gasteiger partial charge < -0.3 is 10.6 Å². The lowest BCUT2D eigenvalue weighted by Gasteiger charge is -2.13. The number of nitrogens with one attached hydrogen (secondary N) is 2. The minimum atomic E-state index is -4.31. The number of guanidine groups is 1. The van der Waals surface area contributed by atoms with Crippen molar-refractivity contribution in [2.75, 3.05) is 13.6 Å². The van der Waals surface area contributed by atoms with Crippen LogP contribution in [0.5, 0.6) is 0 Å². The van der Waals surface area contributed by atoms with Crippen molar-refractivity contribution in [2.24, 2.45) is 4.99 Å². The van der Waals surface area contributed by atoms with Crippen molar-refractivity contribution < 1.29 is 13.2 Å². The highest BCUT2D eigenvalue weighted by atomic mass is 127. The van der Waals surface area contributed by atoms with Crippen LogP contribution in [-0.2, 0) is 19.1 Å². The van der Waals surface area contributed by atoms with Gasteiger partial charge in [0.15, 0.2) is 5.96 Å². The zero-order valence-electron chi connectivity index (χ0n) is 16.2. The van der Waals surface area contributed by atoms with Gasteiger partial charge in [-0.3, -0.25) is 4.99 Å². The highest BCUT2D eigenvalue weighted by molar-refractivity contribution is 14.0. The molecule has 0 radical (unpaired) electrons. The highest BCUT2D eigenvalue weighted by Crippen LogP contribution is 2.29. The second-order valence-electron chi connectivity index (χ2n) is 6.30. The van der Waals surface area contributed by atoms with E-state index in [9.17, 15) is 13.2 Å². The van der Waals surface area contributed by atoms with Crippen LogP contribution >= 0.6 is 24.0 Å². The van der Waals surface area contributed by atoms with Crippen LogP contribution in [0, 0.1) is 0 Å². The van der Waals surface area contributed by atoms with Gasteiger partial charge in [0.2, 0.25) is 0 Å². The Labute approximate surface area is 189 Å². The Bertz CT molecular complexity index is 923. The topological polar surface area (TPSA) is 67.1 Å². The van der Waals surface area contributed by atoms with Crippen molar-refractivity contribution in [3.8, 4) is 5.69 Å². The minimum absolute atomic E-state index is 0. The van der Waals surface area contributed by atoms with Crippen molar-refractivity contribution in [2.45, 2.75) is 19.1 Å². The van der Waals surface area contributed by atoms with E-state index in [0.29, 0.717) is 25.5 Å². The summed E-state index contributed by atoms with van der Waals surface area (Å²) in [7, 11) is 1.67. The fourth-order valence-corrected chi connectivity index (χ4v) is 2.70. The van der Waals surface area contributed by atoms with Gasteiger partial charge in [-0.25, -0.2) is 9.67 Å². The Morgan fingerprint density at radius 1 is 1.00 bits per heavy atom. The molecule has 0 fully saturated rings. The third-order valence-electron chi connectivity index (χ3n) is 4.29. The Kier molecular flexibility index (Phi) is 8.63. The van der Waals surface area contributed by atoms with Crippen molar-refractivity contribution in [3.63, 3.8) is 0 Å². The van der Waals surface area contributed by atoms with E-state index in [1.54, 1.807) is 18.1 Å². The standard InChI is InChI=1S/C20H21F3N6.HI/c1-24-19(26-11-10-15-2-6-17(7-3-15)20(21,22)23)27-12-16-4-8-18(9-5-16)29-14-25-13-28-29;/h2-9,13-14H,10-12H2,1H3,(H2,24,26,27);1H. The predicted molar refractivity (Wildman–Crippen MR) is 120 cm³/mol. The van der Waals surface area contributed by atoms with Crippen LogP contribution in [0.1, 0.15) is 16.7 Å². The van der Waals surface area contributed by atoms with Gasteiger partial charge >= 0.3 is 6.18 Å². The molecule has 0 bridgehead atoms. The largest absolute Gasteiger partial charge is 0.416 e.